The van der Waals surface area contributed by atoms with Crippen molar-refractivity contribution in [2.45, 2.75) is 89.3 Å². The maximum Gasteiger partial charge on any atom is 0.227 e. The molecule has 0 saturated heterocycles. The van der Waals surface area contributed by atoms with E-state index in [4.69, 9.17) is 17.3 Å². The van der Waals surface area contributed by atoms with Crippen LogP contribution in [0.15, 0.2) is 18.2 Å². The van der Waals surface area contributed by atoms with Crippen molar-refractivity contribution in [3.05, 3.63) is 28.8 Å². The minimum absolute atomic E-state index is 0.0830. The normalized spacial score (nSPS) is 25.0. The van der Waals surface area contributed by atoms with Crippen LogP contribution in [0.5, 0.6) is 0 Å². The summed E-state index contributed by atoms with van der Waals surface area (Å²) in [7, 11) is 0. The summed E-state index contributed by atoms with van der Waals surface area (Å²) < 4.78 is 0. The number of hydrogen-bond acceptors (Lipinski definition) is 3. The van der Waals surface area contributed by atoms with Gasteiger partial charge >= 0.3 is 0 Å². The number of nitrogens with one attached hydrogen (secondary N) is 1. The van der Waals surface area contributed by atoms with Gasteiger partial charge in [-0.05, 0) is 75.1 Å². The molecule has 0 spiro atoms. The van der Waals surface area contributed by atoms with Crippen LogP contribution in [-0.4, -0.2) is 28.8 Å². The lowest BCUT2D eigenvalue weighted by molar-refractivity contribution is -0.140. The summed E-state index contributed by atoms with van der Waals surface area (Å²) in [4.78, 5) is 27.8. The van der Waals surface area contributed by atoms with Gasteiger partial charge in [0.25, 0.3) is 0 Å². The number of amides is 2. The van der Waals surface area contributed by atoms with Crippen LogP contribution >= 0.6 is 11.6 Å². The lowest BCUT2D eigenvalue weighted by Gasteiger charge is -2.39. The first kappa shape index (κ1) is 21.6. The van der Waals surface area contributed by atoms with Gasteiger partial charge in [-0.25, -0.2) is 0 Å². The smallest absolute Gasteiger partial charge is 0.227 e. The maximum atomic E-state index is 13.5. The number of benzene rings is 1. The number of nitrogens with two attached hydrogens (primary N) is 1. The summed E-state index contributed by atoms with van der Waals surface area (Å²) in [5.41, 5.74) is 7.80. The lowest BCUT2D eigenvalue weighted by Crippen LogP contribution is -2.46. The highest BCUT2D eigenvalue weighted by molar-refractivity contribution is 6.31. The molecule has 3 aliphatic carbocycles. The molecule has 3 aliphatic rings. The quantitative estimate of drug-likeness (QED) is 0.674. The van der Waals surface area contributed by atoms with Gasteiger partial charge in [0.1, 0.15) is 0 Å². The van der Waals surface area contributed by atoms with Crippen LogP contribution in [0.1, 0.15) is 76.2 Å². The predicted molar refractivity (Wildman–Crippen MR) is 120 cm³/mol. The minimum Gasteiger partial charge on any atom is -0.335 e. The van der Waals surface area contributed by atoms with E-state index in [2.05, 4.69) is 10.2 Å². The molecule has 164 valence electrons. The molecule has 0 unspecified atom stereocenters. The highest BCUT2D eigenvalue weighted by Crippen LogP contribution is 2.33. The second-order valence-electron chi connectivity index (χ2n) is 9.44. The second kappa shape index (κ2) is 9.69. The Labute approximate surface area is 184 Å². The van der Waals surface area contributed by atoms with E-state index in [-0.39, 0.29) is 35.7 Å². The summed E-state index contributed by atoms with van der Waals surface area (Å²) in [6, 6.07) is 6.09. The van der Waals surface area contributed by atoms with E-state index in [0.717, 1.165) is 75.5 Å². The number of rotatable bonds is 6. The number of nitrogens with zero attached hydrogens (tertiary/aromatic N) is 1. The van der Waals surface area contributed by atoms with Crippen molar-refractivity contribution in [2.24, 2.45) is 17.6 Å². The van der Waals surface area contributed by atoms with Gasteiger partial charge < -0.3 is 16.0 Å². The minimum atomic E-state index is 0.0830. The number of carbonyl (C=O) groups is 2. The third kappa shape index (κ3) is 5.36. The molecule has 0 aliphatic heterocycles. The van der Waals surface area contributed by atoms with Gasteiger partial charge in [-0.15, -0.1) is 0 Å². The Morgan fingerprint density at radius 1 is 0.967 bits per heavy atom. The molecule has 0 aromatic heterocycles. The van der Waals surface area contributed by atoms with Crippen molar-refractivity contribution < 1.29 is 9.59 Å². The van der Waals surface area contributed by atoms with E-state index >= 15 is 0 Å². The van der Waals surface area contributed by atoms with Gasteiger partial charge in [0.2, 0.25) is 11.8 Å². The molecule has 0 heterocycles. The van der Waals surface area contributed by atoms with Crippen molar-refractivity contribution >= 4 is 29.1 Å². The van der Waals surface area contributed by atoms with Crippen molar-refractivity contribution in [3.63, 3.8) is 0 Å². The third-order valence-corrected chi connectivity index (χ3v) is 7.39. The van der Waals surface area contributed by atoms with Crippen LogP contribution in [0.3, 0.4) is 0 Å². The first-order chi connectivity index (χ1) is 14.5. The molecular formula is C24H34ClN3O2. The van der Waals surface area contributed by atoms with Gasteiger partial charge in [-0.1, -0.05) is 30.9 Å². The third-order valence-electron chi connectivity index (χ3n) is 7.02. The molecule has 2 amide bonds. The number of anilines is 1. The fourth-order valence-corrected chi connectivity index (χ4v) is 5.11. The molecule has 30 heavy (non-hydrogen) atoms. The van der Waals surface area contributed by atoms with Crippen LogP contribution in [-0.2, 0) is 16.1 Å². The van der Waals surface area contributed by atoms with E-state index in [1.165, 1.54) is 6.42 Å². The summed E-state index contributed by atoms with van der Waals surface area (Å²) in [5, 5.41) is 3.65. The molecule has 3 N–H and O–H groups in total. The Balaban J connectivity index is 1.52. The van der Waals surface area contributed by atoms with Gasteiger partial charge in [-0.2, -0.15) is 0 Å². The first-order valence-corrected chi connectivity index (χ1v) is 12.0. The summed E-state index contributed by atoms with van der Waals surface area (Å²) >= 11 is 6.53. The molecule has 3 fully saturated rings. The molecule has 0 atom stereocenters. The van der Waals surface area contributed by atoms with E-state index < -0.39 is 0 Å². The van der Waals surface area contributed by atoms with Crippen LogP contribution in [0.2, 0.25) is 5.02 Å². The highest BCUT2D eigenvalue weighted by atomic mass is 35.5. The second-order valence-corrected chi connectivity index (χ2v) is 9.85. The van der Waals surface area contributed by atoms with Gasteiger partial charge in [0.15, 0.2) is 0 Å². The molecule has 1 aromatic rings. The van der Waals surface area contributed by atoms with Gasteiger partial charge in [0.05, 0.1) is 0 Å². The van der Waals surface area contributed by atoms with Crippen LogP contribution < -0.4 is 11.1 Å². The fraction of sp³-hybridized carbons (Fsp3) is 0.667. The Morgan fingerprint density at radius 2 is 1.67 bits per heavy atom. The highest BCUT2D eigenvalue weighted by Gasteiger charge is 2.33. The van der Waals surface area contributed by atoms with Crippen LogP contribution in [0.25, 0.3) is 0 Å². The standard InChI is InChI=1S/C24H34ClN3O2/c25-22-13-10-20(27-23(29)16-6-7-16)14-18(22)15-28(21-11-8-19(26)9-12-21)24(30)17-4-2-1-3-5-17/h10,13-14,16-17,19,21H,1-9,11-12,15,26H2,(H,27,29). The molecule has 1 aromatic carbocycles. The summed E-state index contributed by atoms with van der Waals surface area (Å²) in [5.74, 6) is 0.643. The number of halogens is 1. The Morgan fingerprint density at radius 3 is 2.33 bits per heavy atom. The number of hydrogen-bond donors (Lipinski definition) is 2. The number of carbonyl (C=O) groups excluding carboxylic acids is 2. The van der Waals surface area contributed by atoms with Gasteiger partial charge in [0, 0.05) is 41.2 Å². The zero-order chi connectivity index (χ0) is 21.1. The molecule has 5 nitrogen and oxygen atoms in total. The monoisotopic (exact) mass is 431 g/mol. The maximum absolute atomic E-state index is 13.5. The van der Waals surface area contributed by atoms with Crippen molar-refractivity contribution in [1.82, 2.24) is 4.90 Å². The van der Waals surface area contributed by atoms with Gasteiger partial charge in [-0.3, -0.25) is 9.59 Å². The molecule has 6 heteroatoms. The largest absolute Gasteiger partial charge is 0.335 e. The van der Waals surface area contributed by atoms with E-state index in [1.54, 1.807) is 0 Å². The Kier molecular flexibility index (Phi) is 6.99. The fourth-order valence-electron chi connectivity index (χ4n) is 4.93. The zero-order valence-electron chi connectivity index (χ0n) is 17.7. The average Bonchev–Trinajstić information content (AvgIpc) is 3.60. The lowest BCUT2D eigenvalue weighted by atomic mass is 9.85. The molecular weight excluding hydrogens is 398 g/mol. The van der Waals surface area contributed by atoms with E-state index in [9.17, 15) is 9.59 Å². The molecule has 0 bridgehead atoms. The molecule has 0 radical (unpaired) electrons. The van der Waals surface area contributed by atoms with E-state index in [0.29, 0.717) is 11.6 Å². The van der Waals surface area contributed by atoms with Crippen LogP contribution in [0, 0.1) is 11.8 Å². The van der Waals surface area contributed by atoms with E-state index in [1.807, 2.05) is 18.2 Å². The van der Waals surface area contributed by atoms with Crippen molar-refractivity contribution in [2.75, 3.05) is 5.32 Å². The molecule has 4 rings (SSSR count). The predicted octanol–water partition coefficient (Wildman–Crippen LogP) is 4.87. The Hall–Kier alpha value is -1.59. The summed E-state index contributed by atoms with van der Waals surface area (Å²) in [6.07, 6.45) is 11.3. The first-order valence-electron chi connectivity index (χ1n) is 11.7. The van der Waals surface area contributed by atoms with Crippen molar-refractivity contribution in [1.29, 1.82) is 0 Å². The van der Waals surface area contributed by atoms with Crippen LogP contribution in [0.4, 0.5) is 5.69 Å². The SMILES string of the molecule is NC1CCC(N(Cc2cc(NC(=O)C3CC3)ccc2Cl)C(=O)C2CCCCC2)CC1. The zero-order valence-corrected chi connectivity index (χ0v) is 18.5. The topological polar surface area (TPSA) is 75.4 Å². The Bertz CT molecular complexity index is 766. The average molecular weight is 432 g/mol. The molecule has 3 saturated carbocycles. The van der Waals surface area contributed by atoms with Crippen molar-refractivity contribution in [3.8, 4) is 0 Å². The summed E-state index contributed by atoms with van der Waals surface area (Å²) in [6.45, 7) is 0.501.